The lowest BCUT2D eigenvalue weighted by molar-refractivity contribution is 0.859. The second-order valence-electron chi connectivity index (χ2n) is 5.23. The van der Waals surface area contributed by atoms with Crippen molar-refractivity contribution in [3.05, 3.63) is 60.9 Å². The number of imidazole rings is 1. The van der Waals surface area contributed by atoms with Gasteiger partial charge in [0.05, 0.1) is 18.1 Å². The maximum atomic E-state index is 4.30. The molecule has 0 saturated heterocycles. The highest BCUT2D eigenvalue weighted by Crippen LogP contribution is 2.22. The summed E-state index contributed by atoms with van der Waals surface area (Å²) < 4.78 is 1.83. The molecular formula is C16H15N7. The molecule has 1 aromatic carbocycles. The minimum Gasteiger partial charge on any atom is -0.362 e. The summed E-state index contributed by atoms with van der Waals surface area (Å²) in [7, 11) is 0. The van der Waals surface area contributed by atoms with E-state index in [1.54, 1.807) is 12.5 Å². The van der Waals surface area contributed by atoms with E-state index < -0.39 is 0 Å². The molecule has 3 aromatic heterocycles. The van der Waals surface area contributed by atoms with E-state index in [4.69, 9.17) is 0 Å². The second kappa shape index (κ2) is 5.53. The summed E-state index contributed by atoms with van der Waals surface area (Å²) in [6, 6.07) is 10.3. The number of nitrogens with zero attached hydrogens (tertiary/aromatic N) is 5. The molecule has 0 aliphatic rings. The van der Waals surface area contributed by atoms with E-state index in [9.17, 15) is 0 Å². The first-order chi connectivity index (χ1) is 11.3. The molecule has 4 aromatic rings. The van der Waals surface area contributed by atoms with Crippen LogP contribution < -0.4 is 5.32 Å². The highest BCUT2D eigenvalue weighted by atomic mass is 15.3. The van der Waals surface area contributed by atoms with Crippen LogP contribution in [-0.4, -0.2) is 29.7 Å². The zero-order chi connectivity index (χ0) is 15.6. The van der Waals surface area contributed by atoms with Gasteiger partial charge in [-0.2, -0.15) is 5.10 Å². The van der Waals surface area contributed by atoms with Crippen LogP contribution in [0.5, 0.6) is 0 Å². The summed E-state index contributed by atoms with van der Waals surface area (Å²) in [6.45, 7) is 2.09. The molecule has 4 rings (SSSR count). The number of fused-ring (bicyclic) bond motifs is 1. The van der Waals surface area contributed by atoms with Crippen molar-refractivity contribution in [3.8, 4) is 5.69 Å². The maximum Gasteiger partial charge on any atom is 0.182 e. The molecule has 0 spiro atoms. The third kappa shape index (κ3) is 2.52. The maximum absolute atomic E-state index is 4.30. The van der Waals surface area contributed by atoms with Crippen LogP contribution in [-0.2, 0) is 0 Å². The highest BCUT2D eigenvalue weighted by Gasteiger charge is 2.10. The minimum absolute atomic E-state index is 0.100. The van der Waals surface area contributed by atoms with Crippen molar-refractivity contribution in [1.82, 2.24) is 29.7 Å². The number of aromatic amines is 1. The third-order valence-corrected chi connectivity index (χ3v) is 3.74. The van der Waals surface area contributed by atoms with Crippen molar-refractivity contribution < 1.29 is 0 Å². The fourth-order valence-corrected chi connectivity index (χ4v) is 2.50. The van der Waals surface area contributed by atoms with Crippen LogP contribution in [0.1, 0.15) is 18.5 Å². The van der Waals surface area contributed by atoms with E-state index in [2.05, 4.69) is 49.4 Å². The monoisotopic (exact) mass is 305 g/mol. The van der Waals surface area contributed by atoms with Crippen LogP contribution in [0.2, 0.25) is 0 Å². The van der Waals surface area contributed by atoms with Crippen molar-refractivity contribution >= 4 is 17.0 Å². The lowest BCUT2D eigenvalue weighted by Crippen LogP contribution is -2.09. The molecule has 7 heteroatoms. The smallest absolute Gasteiger partial charge is 0.182 e. The minimum atomic E-state index is 0.100. The van der Waals surface area contributed by atoms with Crippen LogP contribution in [0.25, 0.3) is 16.9 Å². The van der Waals surface area contributed by atoms with Gasteiger partial charge >= 0.3 is 0 Å². The molecule has 114 valence electrons. The van der Waals surface area contributed by atoms with Crippen LogP contribution in [0, 0.1) is 0 Å². The Morgan fingerprint density at radius 3 is 2.78 bits per heavy atom. The predicted octanol–water partition coefficient (Wildman–Crippen LogP) is 2.71. The number of benzene rings is 1. The van der Waals surface area contributed by atoms with E-state index in [1.807, 2.05) is 29.1 Å². The summed E-state index contributed by atoms with van der Waals surface area (Å²) in [5, 5.41) is 7.63. The van der Waals surface area contributed by atoms with Crippen LogP contribution in [0.3, 0.4) is 0 Å². The molecule has 0 fully saturated rings. The van der Waals surface area contributed by atoms with Gasteiger partial charge in [-0.05, 0) is 30.7 Å². The zero-order valence-electron chi connectivity index (χ0n) is 12.5. The van der Waals surface area contributed by atoms with Crippen LogP contribution >= 0.6 is 0 Å². The van der Waals surface area contributed by atoms with Crippen LogP contribution in [0.4, 0.5) is 5.82 Å². The molecule has 0 amide bonds. The van der Waals surface area contributed by atoms with Gasteiger partial charge in [0, 0.05) is 12.4 Å². The Hall–Kier alpha value is -3.22. The number of nitrogens with one attached hydrogen (secondary N) is 2. The highest BCUT2D eigenvalue weighted by molar-refractivity contribution is 5.82. The van der Waals surface area contributed by atoms with E-state index >= 15 is 0 Å². The Morgan fingerprint density at radius 1 is 1.13 bits per heavy atom. The fourth-order valence-electron chi connectivity index (χ4n) is 2.50. The SMILES string of the molecule is CC(Nc1ncnc2nc[nH]c12)c1ccc(-n2cccn2)cc1. The van der Waals surface area contributed by atoms with Crippen molar-refractivity contribution in [2.45, 2.75) is 13.0 Å². The molecule has 0 aliphatic heterocycles. The molecule has 1 atom stereocenters. The molecule has 2 N–H and O–H groups in total. The summed E-state index contributed by atoms with van der Waals surface area (Å²) in [4.78, 5) is 15.6. The Labute approximate surface area is 132 Å². The van der Waals surface area contributed by atoms with Crippen molar-refractivity contribution in [3.63, 3.8) is 0 Å². The zero-order valence-corrected chi connectivity index (χ0v) is 12.5. The van der Waals surface area contributed by atoms with Crippen molar-refractivity contribution in [2.75, 3.05) is 5.32 Å². The molecule has 0 saturated carbocycles. The Kier molecular flexibility index (Phi) is 3.23. The van der Waals surface area contributed by atoms with Gasteiger partial charge in [-0.1, -0.05) is 12.1 Å². The average molecular weight is 305 g/mol. The van der Waals surface area contributed by atoms with Gasteiger partial charge in [-0.25, -0.2) is 19.6 Å². The van der Waals surface area contributed by atoms with E-state index in [0.29, 0.717) is 5.65 Å². The van der Waals surface area contributed by atoms with E-state index in [-0.39, 0.29) is 6.04 Å². The van der Waals surface area contributed by atoms with Gasteiger partial charge in [-0.15, -0.1) is 0 Å². The van der Waals surface area contributed by atoms with Gasteiger partial charge in [-0.3, -0.25) is 0 Å². The van der Waals surface area contributed by atoms with Crippen molar-refractivity contribution in [1.29, 1.82) is 0 Å². The molecule has 1 unspecified atom stereocenters. The second-order valence-corrected chi connectivity index (χ2v) is 5.23. The molecule has 7 nitrogen and oxygen atoms in total. The summed E-state index contributed by atoms with van der Waals surface area (Å²) in [5.41, 5.74) is 3.66. The normalized spacial score (nSPS) is 12.4. The number of anilines is 1. The molecule has 0 radical (unpaired) electrons. The van der Waals surface area contributed by atoms with Gasteiger partial charge in [0.15, 0.2) is 11.5 Å². The number of aromatic nitrogens is 6. The van der Waals surface area contributed by atoms with Gasteiger partial charge in [0.25, 0.3) is 0 Å². The first kappa shape index (κ1) is 13.4. The standard InChI is InChI=1S/C16H15N7/c1-11(22-16-14-15(18-9-17-14)19-10-20-16)12-3-5-13(6-4-12)23-8-2-7-21-23/h2-11H,1H3,(H2,17,18,19,20,22). The Balaban J connectivity index is 1.57. The largest absolute Gasteiger partial charge is 0.362 e. The first-order valence-corrected chi connectivity index (χ1v) is 7.32. The fraction of sp³-hybridized carbons (Fsp3) is 0.125. The van der Waals surface area contributed by atoms with Gasteiger partial charge in [0.2, 0.25) is 0 Å². The summed E-state index contributed by atoms with van der Waals surface area (Å²) >= 11 is 0. The molecule has 3 heterocycles. The predicted molar refractivity (Wildman–Crippen MR) is 87.3 cm³/mol. The lowest BCUT2D eigenvalue weighted by atomic mass is 10.1. The summed E-state index contributed by atoms with van der Waals surface area (Å²) in [6.07, 6.45) is 6.82. The first-order valence-electron chi connectivity index (χ1n) is 7.32. The van der Waals surface area contributed by atoms with Gasteiger partial charge < -0.3 is 10.3 Å². The average Bonchev–Trinajstić information content (AvgIpc) is 3.27. The topological polar surface area (TPSA) is 84.3 Å². The number of rotatable bonds is 4. The molecule has 23 heavy (non-hydrogen) atoms. The molecule has 0 aliphatic carbocycles. The molecule has 0 bridgehead atoms. The van der Waals surface area contributed by atoms with E-state index in [1.165, 1.54) is 6.33 Å². The van der Waals surface area contributed by atoms with Gasteiger partial charge in [0.1, 0.15) is 11.8 Å². The van der Waals surface area contributed by atoms with Crippen molar-refractivity contribution in [2.24, 2.45) is 0 Å². The molecular weight excluding hydrogens is 290 g/mol. The number of hydrogen-bond acceptors (Lipinski definition) is 5. The Bertz CT molecular complexity index is 909. The summed E-state index contributed by atoms with van der Waals surface area (Å²) in [5.74, 6) is 0.746. The quantitative estimate of drug-likeness (QED) is 0.605. The third-order valence-electron chi connectivity index (χ3n) is 3.74. The van der Waals surface area contributed by atoms with Crippen LogP contribution in [0.15, 0.2) is 55.4 Å². The van der Waals surface area contributed by atoms with E-state index in [0.717, 1.165) is 22.6 Å². The lowest BCUT2D eigenvalue weighted by Gasteiger charge is -2.15. The number of hydrogen-bond donors (Lipinski definition) is 2. The Morgan fingerprint density at radius 2 is 2.00 bits per heavy atom. The number of H-pyrrole nitrogens is 1.